The van der Waals surface area contributed by atoms with Gasteiger partial charge in [0.2, 0.25) is 0 Å². The van der Waals surface area contributed by atoms with Crippen LogP contribution in [0.25, 0.3) is 0 Å². The summed E-state index contributed by atoms with van der Waals surface area (Å²) in [6.07, 6.45) is 0. The molecule has 88 valence electrons. The van der Waals surface area contributed by atoms with E-state index in [2.05, 4.69) is 59.8 Å². The van der Waals surface area contributed by atoms with Gasteiger partial charge < -0.3 is 5.32 Å². The Kier molecular flexibility index (Phi) is 5.25. The van der Waals surface area contributed by atoms with Crippen LogP contribution in [-0.2, 0) is 0 Å². The first-order chi connectivity index (χ1) is 7.35. The number of alkyl halides is 1. The number of hydrogen-bond acceptors (Lipinski definition) is 1. The zero-order valence-corrected chi connectivity index (χ0v) is 14.3. The van der Waals surface area contributed by atoms with E-state index in [9.17, 15) is 4.79 Å². The van der Waals surface area contributed by atoms with Crippen LogP contribution >= 0.6 is 54.5 Å². The Labute approximate surface area is 126 Å². The molecular weight excluding hydrogens is 449 g/mol. The Morgan fingerprint density at radius 1 is 1.50 bits per heavy atom. The molecule has 0 saturated heterocycles. The minimum absolute atomic E-state index is 0.0462. The maximum absolute atomic E-state index is 12.0. The second-order valence-electron chi connectivity index (χ2n) is 4.10. The van der Waals surface area contributed by atoms with Crippen LogP contribution in [0.4, 0.5) is 0 Å². The van der Waals surface area contributed by atoms with E-state index >= 15 is 0 Å². The standard InChI is InChI=1S/C11H12Br2INO/c1-11(2,6-12)15-10(16)8-5-7(13)3-4-9(8)14/h3-5H,6H2,1-2H3,(H,15,16). The Morgan fingerprint density at radius 3 is 2.69 bits per heavy atom. The lowest BCUT2D eigenvalue weighted by atomic mass is 10.1. The molecule has 16 heavy (non-hydrogen) atoms. The van der Waals surface area contributed by atoms with Gasteiger partial charge in [0.1, 0.15) is 0 Å². The number of rotatable bonds is 3. The highest BCUT2D eigenvalue weighted by Crippen LogP contribution is 2.19. The molecule has 1 N–H and O–H groups in total. The zero-order valence-electron chi connectivity index (χ0n) is 8.98. The van der Waals surface area contributed by atoms with Crippen LogP contribution in [-0.4, -0.2) is 16.8 Å². The fraction of sp³-hybridized carbons (Fsp3) is 0.364. The molecule has 0 heterocycles. The Hall–Kier alpha value is 0.380. The smallest absolute Gasteiger partial charge is 0.252 e. The van der Waals surface area contributed by atoms with Gasteiger partial charge in [-0.1, -0.05) is 31.9 Å². The van der Waals surface area contributed by atoms with Crippen molar-refractivity contribution in [3.05, 3.63) is 31.8 Å². The third-order valence-corrected chi connectivity index (χ3v) is 4.79. The van der Waals surface area contributed by atoms with Crippen LogP contribution in [0.2, 0.25) is 0 Å². The van der Waals surface area contributed by atoms with Gasteiger partial charge in [-0.15, -0.1) is 0 Å². The third kappa shape index (κ3) is 4.00. The van der Waals surface area contributed by atoms with Crippen molar-refractivity contribution in [2.45, 2.75) is 19.4 Å². The van der Waals surface area contributed by atoms with E-state index in [1.807, 2.05) is 32.0 Å². The third-order valence-electron chi connectivity index (χ3n) is 1.96. The van der Waals surface area contributed by atoms with Crippen molar-refractivity contribution in [3.63, 3.8) is 0 Å². The first kappa shape index (κ1) is 14.4. The molecule has 0 unspecified atom stereocenters. The second kappa shape index (κ2) is 5.82. The largest absolute Gasteiger partial charge is 0.346 e. The Bertz CT molecular complexity index is 407. The zero-order chi connectivity index (χ0) is 12.3. The van der Waals surface area contributed by atoms with Gasteiger partial charge in [0, 0.05) is 18.9 Å². The maximum atomic E-state index is 12.0. The molecule has 0 saturated carbocycles. The van der Waals surface area contributed by atoms with Crippen LogP contribution in [0.3, 0.4) is 0 Å². The lowest BCUT2D eigenvalue weighted by Crippen LogP contribution is -2.45. The lowest BCUT2D eigenvalue weighted by Gasteiger charge is -2.23. The fourth-order valence-electron chi connectivity index (χ4n) is 1.08. The van der Waals surface area contributed by atoms with Crippen molar-refractivity contribution in [2.24, 2.45) is 0 Å². The number of carbonyl (C=O) groups excluding carboxylic acids is 1. The van der Waals surface area contributed by atoms with E-state index in [0.29, 0.717) is 5.56 Å². The number of nitrogens with one attached hydrogen (secondary N) is 1. The molecule has 0 aromatic heterocycles. The summed E-state index contributed by atoms with van der Waals surface area (Å²) in [5.41, 5.74) is 0.451. The number of hydrogen-bond donors (Lipinski definition) is 1. The highest BCUT2D eigenvalue weighted by molar-refractivity contribution is 14.1. The monoisotopic (exact) mass is 459 g/mol. The van der Waals surface area contributed by atoms with Crippen LogP contribution in [0.15, 0.2) is 22.7 Å². The van der Waals surface area contributed by atoms with Gasteiger partial charge in [0.15, 0.2) is 0 Å². The van der Waals surface area contributed by atoms with Gasteiger partial charge >= 0.3 is 0 Å². The maximum Gasteiger partial charge on any atom is 0.252 e. The molecule has 0 radical (unpaired) electrons. The number of benzene rings is 1. The molecule has 0 aliphatic heterocycles. The fourth-order valence-corrected chi connectivity index (χ4v) is 2.16. The summed E-state index contributed by atoms with van der Waals surface area (Å²) in [5.74, 6) is -0.0462. The molecule has 0 fully saturated rings. The van der Waals surface area contributed by atoms with Crippen molar-refractivity contribution in [2.75, 3.05) is 5.33 Å². The van der Waals surface area contributed by atoms with Gasteiger partial charge in [-0.25, -0.2) is 0 Å². The van der Waals surface area contributed by atoms with E-state index in [0.717, 1.165) is 13.4 Å². The molecule has 1 rings (SSSR count). The highest BCUT2D eigenvalue weighted by Gasteiger charge is 2.20. The quantitative estimate of drug-likeness (QED) is 0.537. The first-order valence-electron chi connectivity index (χ1n) is 4.69. The summed E-state index contributed by atoms with van der Waals surface area (Å²) in [5, 5.41) is 3.70. The van der Waals surface area contributed by atoms with Crippen molar-refractivity contribution in [3.8, 4) is 0 Å². The van der Waals surface area contributed by atoms with E-state index in [-0.39, 0.29) is 11.4 Å². The molecule has 5 heteroatoms. The summed E-state index contributed by atoms with van der Waals surface area (Å²) in [6.45, 7) is 3.95. The lowest BCUT2D eigenvalue weighted by molar-refractivity contribution is 0.0920. The molecule has 0 bridgehead atoms. The molecule has 2 nitrogen and oxygen atoms in total. The minimum atomic E-state index is -0.248. The van der Waals surface area contributed by atoms with E-state index in [1.165, 1.54) is 0 Å². The second-order valence-corrected chi connectivity index (χ2v) is 6.73. The summed E-state index contributed by atoms with van der Waals surface area (Å²) < 4.78 is 1.86. The molecule has 0 aliphatic carbocycles. The van der Waals surface area contributed by atoms with Crippen LogP contribution < -0.4 is 5.32 Å². The van der Waals surface area contributed by atoms with Crippen molar-refractivity contribution >= 4 is 60.4 Å². The minimum Gasteiger partial charge on any atom is -0.346 e. The van der Waals surface area contributed by atoms with E-state index in [4.69, 9.17) is 0 Å². The Balaban J connectivity index is 2.93. The predicted octanol–water partition coefficient (Wildman–Crippen LogP) is 3.96. The molecule has 0 spiro atoms. The average Bonchev–Trinajstić information content (AvgIpc) is 2.21. The van der Waals surface area contributed by atoms with Crippen LogP contribution in [0.1, 0.15) is 24.2 Å². The summed E-state index contributed by atoms with van der Waals surface area (Å²) in [6, 6.07) is 5.68. The molecular formula is C11H12Br2INO. The SMILES string of the molecule is CC(C)(CBr)NC(=O)c1cc(Br)ccc1I. The van der Waals surface area contributed by atoms with Gasteiger partial charge in [-0.05, 0) is 54.6 Å². The molecule has 0 aliphatic rings. The number of halogens is 3. The van der Waals surface area contributed by atoms with Crippen LogP contribution in [0.5, 0.6) is 0 Å². The van der Waals surface area contributed by atoms with Gasteiger partial charge in [0.05, 0.1) is 5.56 Å². The number of amides is 1. The molecule has 1 amide bonds. The van der Waals surface area contributed by atoms with E-state index < -0.39 is 0 Å². The molecule has 0 atom stereocenters. The average molecular weight is 461 g/mol. The summed E-state index contributed by atoms with van der Waals surface area (Å²) in [4.78, 5) is 12.0. The Morgan fingerprint density at radius 2 is 2.12 bits per heavy atom. The highest BCUT2D eigenvalue weighted by atomic mass is 127. The van der Waals surface area contributed by atoms with Crippen molar-refractivity contribution < 1.29 is 4.79 Å². The molecule has 1 aromatic rings. The van der Waals surface area contributed by atoms with Crippen LogP contribution in [0, 0.1) is 3.57 Å². The predicted molar refractivity (Wildman–Crippen MR) is 82.2 cm³/mol. The summed E-state index contributed by atoms with van der Waals surface area (Å²) in [7, 11) is 0. The normalized spacial score (nSPS) is 11.3. The number of carbonyl (C=O) groups is 1. The van der Waals surface area contributed by atoms with Crippen molar-refractivity contribution in [1.82, 2.24) is 5.32 Å². The van der Waals surface area contributed by atoms with Gasteiger partial charge in [-0.3, -0.25) is 4.79 Å². The van der Waals surface area contributed by atoms with Crippen molar-refractivity contribution in [1.29, 1.82) is 0 Å². The van der Waals surface area contributed by atoms with Gasteiger partial charge in [0.25, 0.3) is 5.91 Å². The first-order valence-corrected chi connectivity index (χ1v) is 7.68. The van der Waals surface area contributed by atoms with Gasteiger partial charge in [-0.2, -0.15) is 0 Å². The van der Waals surface area contributed by atoms with E-state index in [1.54, 1.807) is 0 Å². The summed E-state index contributed by atoms with van der Waals surface area (Å²) >= 11 is 8.91. The molecule has 1 aromatic carbocycles. The topological polar surface area (TPSA) is 29.1 Å².